The van der Waals surface area contributed by atoms with Crippen LogP contribution in [-0.2, 0) is 0 Å². The Hall–Kier alpha value is 0.470. The summed E-state index contributed by atoms with van der Waals surface area (Å²) in [5, 5.41) is 0.224. The molecule has 0 radical (unpaired) electrons. The Kier molecular flexibility index (Phi) is 3.58. The summed E-state index contributed by atoms with van der Waals surface area (Å²) < 4.78 is 1.21. The van der Waals surface area contributed by atoms with Gasteiger partial charge in [-0.2, -0.15) is 0 Å². The molecule has 4 atom stereocenters. The molecule has 0 saturated heterocycles. The molecule has 3 rings (SSSR count). The van der Waals surface area contributed by atoms with Crippen LogP contribution in [0.1, 0.15) is 47.9 Å². The van der Waals surface area contributed by atoms with Gasteiger partial charge in [-0.15, -0.1) is 22.9 Å². The molecule has 1 aromatic heterocycles. The van der Waals surface area contributed by atoms with Gasteiger partial charge in [-0.25, -0.2) is 0 Å². The van der Waals surface area contributed by atoms with E-state index in [9.17, 15) is 0 Å². The Morgan fingerprint density at radius 1 is 1.47 bits per heavy atom. The van der Waals surface area contributed by atoms with Gasteiger partial charge in [0.1, 0.15) is 0 Å². The number of alkyl halides is 1. The molecule has 3 heteroatoms. The lowest BCUT2D eigenvalue weighted by Gasteiger charge is -2.23. The molecule has 94 valence electrons. The zero-order chi connectivity index (χ0) is 12.0. The van der Waals surface area contributed by atoms with Gasteiger partial charge in [0.25, 0.3) is 0 Å². The molecule has 1 aromatic rings. The molecule has 17 heavy (non-hydrogen) atoms. The molecule has 0 aliphatic heterocycles. The number of fused-ring (bicyclic) bond motifs is 2. The smallest absolute Gasteiger partial charge is 0.0704 e. The molecule has 2 saturated carbocycles. The van der Waals surface area contributed by atoms with Crippen LogP contribution in [0.2, 0.25) is 0 Å². The summed E-state index contributed by atoms with van der Waals surface area (Å²) in [4.78, 5) is 1.38. The largest absolute Gasteiger partial charge is 0.133 e. The first-order valence-corrected chi connectivity index (χ1v) is 8.58. The summed E-state index contributed by atoms with van der Waals surface area (Å²) in [6.07, 6.45) is 7.06. The van der Waals surface area contributed by atoms with Crippen LogP contribution >= 0.6 is 38.9 Å². The van der Waals surface area contributed by atoms with Crippen molar-refractivity contribution in [3.8, 4) is 0 Å². The molecular formula is C14H18BrClS. The van der Waals surface area contributed by atoms with Crippen LogP contribution in [0.25, 0.3) is 0 Å². The van der Waals surface area contributed by atoms with Crippen LogP contribution in [0.4, 0.5) is 0 Å². The molecule has 2 aliphatic rings. The number of thiophene rings is 1. The topological polar surface area (TPSA) is 0 Å². The third-order valence-electron chi connectivity index (χ3n) is 4.66. The SMILES string of the molecule is Cc1sc(Br)cc1C(Cl)CC1CC2CCC1C2. The number of hydrogen-bond acceptors (Lipinski definition) is 1. The fourth-order valence-electron chi connectivity index (χ4n) is 3.83. The first-order valence-electron chi connectivity index (χ1n) is 6.53. The molecule has 4 unspecified atom stereocenters. The first kappa shape index (κ1) is 12.5. The summed E-state index contributed by atoms with van der Waals surface area (Å²) in [5.41, 5.74) is 1.35. The number of rotatable bonds is 3. The summed E-state index contributed by atoms with van der Waals surface area (Å²) in [5.74, 6) is 2.92. The van der Waals surface area contributed by atoms with E-state index in [0.29, 0.717) is 0 Å². The molecule has 0 amide bonds. The second kappa shape index (κ2) is 4.86. The minimum atomic E-state index is 0.224. The van der Waals surface area contributed by atoms with Gasteiger partial charge in [0, 0.05) is 4.88 Å². The standard InChI is InChI=1S/C14H18BrClS/c1-8-12(7-14(15)17-8)13(16)6-11-5-9-2-3-10(11)4-9/h7,9-11,13H,2-6H2,1H3. The van der Waals surface area contributed by atoms with E-state index in [4.69, 9.17) is 11.6 Å². The molecular weight excluding hydrogens is 316 g/mol. The Morgan fingerprint density at radius 3 is 2.82 bits per heavy atom. The van der Waals surface area contributed by atoms with E-state index in [0.717, 1.165) is 17.8 Å². The number of hydrogen-bond donors (Lipinski definition) is 0. The van der Waals surface area contributed by atoms with Gasteiger partial charge in [0.05, 0.1) is 9.16 Å². The van der Waals surface area contributed by atoms with Crippen molar-refractivity contribution < 1.29 is 0 Å². The molecule has 0 spiro atoms. The minimum absolute atomic E-state index is 0.224. The van der Waals surface area contributed by atoms with Crippen LogP contribution in [0, 0.1) is 24.7 Å². The highest BCUT2D eigenvalue weighted by Crippen LogP contribution is 2.52. The maximum atomic E-state index is 6.63. The van der Waals surface area contributed by atoms with Gasteiger partial charge >= 0.3 is 0 Å². The normalized spacial score (nSPS) is 33.2. The molecule has 0 N–H and O–H groups in total. The van der Waals surface area contributed by atoms with Gasteiger partial charge in [-0.05, 0) is 77.9 Å². The van der Waals surface area contributed by atoms with Gasteiger partial charge in [-0.1, -0.05) is 6.42 Å². The fraction of sp³-hybridized carbons (Fsp3) is 0.714. The molecule has 0 aromatic carbocycles. The third-order valence-corrected chi connectivity index (χ3v) is 6.64. The highest BCUT2D eigenvalue weighted by atomic mass is 79.9. The Balaban J connectivity index is 1.67. The molecule has 2 aliphatic carbocycles. The summed E-state index contributed by atoms with van der Waals surface area (Å²) >= 11 is 12.0. The average molecular weight is 334 g/mol. The van der Waals surface area contributed by atoms with Crippen LogP contribution in [0.5, 0.6) is 0 Å². The number of aryl methyl sites for hydroxylation is 1. The maximum Gasteiger partial charge on any atom is 0.0704 e. The van der Waals surface area contributed by atoms with E-state index >= 15 is 0 Å². The van der Waals surface area contributed by atoms with E-state index in [1.807, 2.05) is 0 Å². The van der Waals surface area contributed by atoms with Crippen molar-refractivity contribution in [1.82, 2.24) is 0 Å². The summed E-state index contributed by atoms with van der Waals surface area (Å²) in [7, 11) is 0. The lowest BCUT2D eigenvalue weighted by Crippen LogP contribution is -2.12. The average Bonchev–Trinajstić information content (AvgIpc) is 2.93. The second-order valence-electron chi connectivity index (χ2n) is 5.70. The minimum Gasteiger partial charge on any atom is -0.133 e. The summed E-state index contributed by atoms with van der Waals surface area (Å²) in [6.45, 7) is 2.18. The van der Waals surface area contributed by atoms with Crippen LogP contribution in [0.3, 0.4) is 0 Å². The first-order chi connectivity index (χ1) is 8.13. The lowest BCUT2D eigenvalue weighted by atomic mass is 9.84. The Labute approximate surface area is 121 Å². The quantitative estimate of drug-likeness (QED) is 0.602. The van der Waals surface area contributed by atoms with Gasteiger partial charge in [0.15, 0.2) is 0 Å². The van der Waals surface area contributed by atoms with E-state index in [-0.39, 0.29) is 5.38 Å². The van der Waals surface area contributed by atoms with Crippen molar-refractivity contribution in [3.05, 3.63) is 20.3 Å². The van der Waals surface area contributed by atoms with E-state index in [2.05, 4.69) is 28.9 Å². The molecule has 1 heterocycles. The zero-order valence-electron chi connectivity index (χ0n) is 10.1. The molecule has 2 fully saturated rings. The van der Waals surface area contributed by atoms with E-state index in [1.165, 1.54) is 46.3 Å². The maximum absolute atomic E-state index is 6.63. The van der Waals surface area contributed by atoms with E-state index < -0.39 is 0 Å². The Morgan fingerprint density at radius 2 is 2.29 bits per heavy atom. The Bertz CT molecular complexity index is 414. The van der Waals surface area contributed by atoms with Gasteiger partial charge in [-0.3, -0.25) is 0 Å². The highest BCUT2D eigenvalue weighted by molar-refractivity contribution is 9.11. The lowest BCUT2D eigenvalue weighted by molar-refractivity contribution is 0.312. The van der Waals surface area contributed by atoms with Crippen LogP contribution < -0.4 is 0 Å². The van der Waals surface area contributed by atoms with Gasteiger partial charge < -0.3 is 0 Å². The van der Waals surface area contributed by atoms with Gasteiger partial charge in [0.2, 0.25) is 0 Å². The predicted octanol–water partition coefficient (Wildman–Crippen LogP) is 5.93. The van der Waals surface area contributed by atoms with Crippen LogP contribution in [-0.4, -0.2) is 0 Å². The number of halogens is 2. The summed E-state index contributed by atoms with van der Waals surface area (Å²) in [6, 6.07) is 2.21. The third kappa shape index (κ3) is 2.46. The van der Waals surface area contributed by atoms with Crippen molar-refractivity contribution in [2.24, 2.45) is 17.8 Å². The van der Waals surface area contributed by atoms with Crippen molar-refractivity contribution >= 4 is 38.9 Å². The van der Waals surface area contributed by atoms with E-state index in [1.54, 1.807) is 11.3 Å². The molecule has 2 bridgehead atoms. The highest BCUT2D eigenvalue weighted by Gasteiger charge is 2.40. The van der Waals surface area contributed by atoms with Crippen molar-refractivity contribution in [3.63, 3.8) is 0 Å². The fourth-order valence-corrected chi connectivity index (χ4v) is 6.12. The molecule has 0 nitrogen and oxygen atoms in total. The van der Waals surface area contributed by atoms with Crippen LogP contribution in [0.15, 0.2) is 9.85 Å². The zero-order valence-corrected chi connectivity index (χ0v) is 13.2. The van der Waals surface area contributed by atoms with Crippen molar-refractivity contribution in [2.75, 3.05) is 0 Å². The van der Waals surface area contributed by atoms with Crippen molar-refractivity contribution in [2.45, 2.75) is 44.4 Å². The monoisotopic (exact) mass is 332 g/mol. The second-order valence-corrected chi connectivity index (χ2v) is 8.86. The predicted molar refractivity (Wildman–Crippen MR) is 78.9 cm³/mol. The van der Waals surface area contributed by atoms with Crippen molar-refractivity contribution in [1.29, 1.82) is 0 Å².